The van der Waals surface area contributed by atoms with Gasteiger partial charge in [-0.15, -0.1) is 0 Å². The minimum Gasteiger partial charge on any atom is -0.371 e. The molecular formula is C28H36O6. The highest BCUT2D eigenvalue weighted by Gasteiger charge is 2.45. The monoisotopic (exact) mass is 468 g/mol. The average Bonchev–Trinajstić information content (AvgIpc) is 2.82. The minimum absolute atomic E-state index is 0.0474. The summed E-state index contributed by atoms with van der Waals surface area (Å²) < 4.78 is 37.7. The fraction of sp³-hybridized carbons (Fsp3) is 0.571. The molecule has 6 aliphatic heterocycles. The average molecular weight is 469 g/mol. The van der Waals surface area contributed by atoms with E-state index in [-0.39, 0.29) is 10.8 Å². The zero-order valence-corrected chi connectivity index (χ0v) is 20.7. The topological polar surface area (TPSA) is 55.4 Å². The predicted molar refractivity (Wildman–Crippen MR) is 127 cm³/mol. The molecular weight excluding hydrogens is 432 g/mol. The summed E-state index contributed by atoms with van der Waals surface area (Å²) in [4.78, 5) is 0. The summed E-state index contributed by atoms with van der Waals surface area (Å²) in [5.41, 5.74) is 3.93. The van der Waals surface area contributed by atoms with Crippen LogP contribution in [0.2, 0.25) is 0 Å². The molecule has 2 fully saturated rings. The van der Waals surface area contributed by atoms with Gasteiger partial charge in [0.1, 0.15) is 13.2 Å². The van der Waals surface area contributed by atoms with Crippen molar-refractivity contribution in [3.05, 3.63) is 70.8 Å². The van der Waals surface area contributed by atoms with Crippen molar-refractivity contribution in [1.82, 2.24) is 0 Å². The van der Waals surface area contributed by atoms with Crippen LogP contribution in [0.3, 0.4) is 0 Å². The van der Waals surface area contributed by atoms with E-state index < -0.39 is 11.6 Å². The quantitative estimate of drug-likeness (QED) is 0.549. The maximum absolute atomic E-state index is 6.36. The molecule has 34 heavy (non-hydrogen) atoms. The summed E-state index contributed by atoms with van der Waals surface area (Å²) in [6.07, 6.45) is 0. The zero-order valence-electron chi connectivity index (χ0n) is 20.7. The van der Waals surface area contributed by atoms with E-state index in [0.717, 1.165) is 22.3 Å². The Morgan fingerprint density at radius 3 is 1.12 bits per heavy atom. The van der Waals surface area contributed by atoms with Crippen LogP contribution < -0.4 is 0 Å². The van der Waals surface area contributed by atoms with Crippen LogP contribution in [0.1, 0.15) is 49.9 Å². The second-order valence-corrected chi connectivity index (χ2v) is 11.4. The van der Waals surface area contributed by atoms with Gasteiger partial charge in [-0.1, -0.05) is 76.2 Å². The van der Waals surface area contributed by atoms with Gasteiger partial charge in [0.05, 0.1) is 39.6 Å². The number of hydrogen-bond acceptors (Lipinski definition) is 6. The molecule has 4 bridgehead atoms. The van der Waals surface area contributed by atoms with E-state index in [2.05, 4.69) is 52.0 Å². The Morgan fingerprint density at radius 2 is 0.794 bits per heavy atom. The van der Waals surface area contributed by atoms with Gasteiger partial charge in [0.25, 0.3) is 0 Å². The standard InChI is InChI=1S/C28H36O6/c1-25(2)15-31-27(32-16-25)19-29-13-21-5-7-22(8-6-21)14-30-20-28(24-11-9-23(27)10-12-24)33-17-26(3,4)18-34-28/h5-12H,13-20H2,1-4H3. The molecule has 6 aliphatic rings. The molecule has 0 atom stereocenters. The SMILES string of the molecule is CC1(C)COC2(COCc3ccc(cc3)COCC3(OCC(C)(C)CO3)c3ccc2cc3)OC1. The third kappa shape index (κ3) is 4.94. The van der Waals surface area contributed by atoms with Gasteiger partial charge in [-0.3, -0.25) is 0 Å². The van der Waals surface area contributed by atoms with E-state index in [1.165, 1.54) is 0 Å². The normalized spacial score (nSPS) is 25.5. The Bertz CT molecular complexity index is 879. The van der Waals surface area contributed by atoms with E-state index in [1.54, 1.807) is 0 Å². The van der Waals surface area contributed by atoms with Crippen molar-refractivity contribution in [2.24, 2.45) is 10.8 Å². The van der Waals surface area contributed by atoms with E-state index in [9.17, 15) is 0 Å². The van der Waals surface area contributed by atoms with Crippen molar-refractivity contribution in [1.29, 1.82) is 0 Å². The van der Waals surface area contributed by atoms with Crippen LogP contribution in [0.25, 0.3) is 0 Å². The lowest BCUT2D eigenvalue weighted by atomic mass is 9.92. The first-order valence-electron chi connectivity index (χ1n) is 12.1. The molecule has 184 valence electrons. The van der Waals surface area contributed by atoms with Gasteiger partial charge in [0.15, 0.2) is 0 Å². The molecule has 2 saturated heterocycles. The van der Waals surface area contributed by atoms with Gasteiger partial charge in [-0.05, 0) is 11.1 Å². The van der Waals surface area contributed by atoms with Crippen LogP contribution in [0.5, 0.6) is 0 Å². The molecule has 0 radical (unpaired) electrons. The van der Waals surface area contributed by atoms with Crippen LogP contribution in [0.15, 0.2) is 48.5 Å². The molecule has 6 heterocycles. The van der Waals surface area contributed by atoms with Crippen molar-refractivity contribution in [2.75, 3.05) is 39.6 Å². The summed E-state index contributed by atoms with van der Waals surface area (Å²) in [7, 11) is 0. The molecule has 2 spiro atoms. The molecule has 0 unspecified atom stereocenters. The summed E-state index contributed by atoms with van der Waals surface area (Å²) in [6.45, 7) is 12.5. The predicted octanol–water partition coefficient (Wildman–Crippen LogP) is 4.89. The van der Waals surface area contributed by atoms with E-state index >= 15 is 0 Å². The molecule has 0 amide bonds. The fourth-order valence-corrected chi connectivity index (χ4v) is 4.40. The first-order valence-corrected chi connectivity index (χ1v) is 12.1. The van der Waals surface area contributed by atoms with Crippen molar-refractivity contribution in [2.45, 2.75) is 52.5 Å². The van der Waals surface area contributed by atoms with Crippen LogP contribution >= 0.6 is 0 Å². The fourth-order valence-electron chi connectivity index (χ4n) is 4.40. The second-order valence-electron chi connectivity index (χ2n) is 11.4. The van der Waals surface area contributed by atoms with Crippen molar-refractivity contribution in [3.63, 3.8) is 0 Å². The van der Waals surface area contributed by atoms with Gasteiger partial charge in [0, 0.05) is 22.0 Å². The number of rotatable bonds is 0. The van der Waals surface area contributed by atoms with Crippen LogP contribution in [0.4, 0.5) is 0 Å². The Morgan fingerprint density at radius 1 is 0.471 bits per heavy atom. The van der Waals surface area contributed by atoms with Crippen molar-refractivity contribution in [3.8, 4) is 0 Å². The lowest BCUT2D eigenvalue weighted by molar-refractivity contribution is -0.327. The highest BCUT2D eigenvalue weighted by molar-refractivity contribution is 5.30. The van der Waals surface area contributed by atoms with Gasteiger partial charge in [-0.25, -0.2) is 0 Å². The van der Waals surface area contributed by atoms with Gasteiger partial charge in [0.2, 0.25) is 11.6 Å². The Kier molecular flexibility index (Phi) is 6.34. The Hall–Kier alpha value is -1.80. The largest absolute Gasteiger partial charge is 0.371 e. The summed E-state index contributed by atoms with van der Waals surface area (Å²) in [5.74, 6) is -1.91. The van der Waals surface area contributed by atoms with Crippen molar-refractivity contribution >= 4 is 0 Å². The van der Waals surface area contributed by atoms with E-state index in [4.69, 9.17) is 28.4 Å². The third-order valence-corrected chi connectivity index (χ3v) is 6.69. The Balaban J connectivity index is 1.49. The molecule has 6 nitrogen and oxygen atoms in total. The summed E-state index contributed by atoms with van der Waals surface area (Å²) >= 11 is 0. The van der Waals surface area contributed by atoms with Crippen LogP contribution in [0, 0.1) is 10.8 Å². The number of ether oxygens (including phenoxy) is 6. The lowest BCUT2D eigenvalue weighted by Gasteiger charge is -2.44. The molecule has 2 aromatic rings. The maximum atomic E-state index is 6.36. The van der Waals surface area contributed by atoms with Crippen LogP contribution in [-0.4, -0.2) is 39.6 Å². The molecule has 2 aromatic carbocycles. The third-order valence-electron chi connectivity index (χ3n) is 6.69. The maximum Gasteiger partial charge on any atom is 0.219 e. The van der Waals surface area contributed by atoms with Gasteiger partial charge < -0.3 is 28.4 Å². The van der Waals surface area contributed by atoms with E-state index in [0.29, 0.717) is 52.9 Å². The highest BCUT2D eigenvalue weighted by Crippen LogP contribution is 2.40. The molecule has 6 heteroatoms. The van der Waals surface area contributed by atoms with Crippen LogP contribution in [-0.2, 0) is 53.2 Å². The highest BCUT2D eigenvalue weighted by atomic mass is 16.7. The number of benzene rings is 2. The first kappa shape index (κ1) is 23.9. The second kappa shape index (κ2) is 9.01. The smallest absolute Gasteiger partial charge is 0.219 e. The minimum atomic E-state index is -0.953. The van der Waals surface area contributed by atoms with Gasteiger partial charge in [-0.2, -0.15) is 0 Å². The summed E-state index contributed by atoms with van der Waals surface area (Å²) in [5, 5.41) is 0. The molecule has 0 saturated carbocycles. The first-order chi connectivity index (χ1) is 16.2. The molecule has 0 aromatic heterocycles. The molecule has 0 aliphatic carbocycles. The van der Waals surface area contributed by atoms with E-state index in [1.807, 2.05) is 24.3 Å². The molecule has 8 rings (SSSR count). The van der Waals surface area contributed by atoms with Crippen molar-refractivity contribution < 1.29 is 28.4 Å². The van der Waals surface area contributed by atoms with Gasteiger partial charge >= 0.3 is 0 Å². The number of hydrogen-bond donors (Lipinski definition) is 0. The lowest BCUT2D eigenvalue weighted by Crippen LogP contribution is -2.49. The summed E-state index contributed by atoms with van der Waals surface area (Å²) in [6, 6.07) is 16.4. The zero-order chi connectivity index (χ0) is 23.9. The molecule has 0 N–H and O–H groups in total. The Labute approximate surface area is 202 Å².